The van der Waals surface area contributed by atoms with Gasteiger partial charge in [0.05, 0.1) is 17.3 Å². The number of aryl methyl sites for hydroxylation is 1. The van der Waals surface area contributed by atoms with E-state index in [0.717, 1.165) is 30.8 Å². The van der Waals surface area contributed by atoms with E-state index in [1.807, 2.05) is 6.92 Å². The average molecular weight is 408 g/mol. The Morgan fingerprint density at radius 2 is 2.00 bits per heavy atom. The molecule has 3 aliphatic rings. The van der Waals surface area contributed by atoms with Gasteiger partial charge in [-0.25, -0.2) is 8.78 Å². The number of alkyl halides is 2. The number of rotatable bonds is 3. The van der Waals surface area contributed by atoms with Crippen LogP contribution in [0.25, 0.3) is 0 Å². The summed E-state index contributed by atoms with van der Waals surface area (Å²) < 4.78 is 33.2. The zero-order valence-electron chi connectivity index (χ0n) is 17.1. The summed E-state index contributed by atoms with van der Waals surface area (Å²) in [4.78, 5) is 26.2. The minimum atomic E-state index is -2.66. The Kier molecular flexibility index (Phi) is 5.84. The smallest absolute Gasteiger partial charge is 0.249 e. The fraction of sp³-hybridized carbons (Fsp3) is 0.762. The maximum atomic E-state index is 13.8. The van der Waals surface area contributed by atoms with Crippen molar-refractivity contribution in [2.75, 3.05) is 39.4 Å². The van der Waals surface area contributed by atoms with Crippen LogP contribution in [0, 0.1) is 18.3 Å². The summed E-state index contributed by atoms with van der Waals surface area (Å²) >= 11 is 0. The molecular weight excluding hydrogens is 378 g/mol. The number of halogens is 2. The largest absolute Gasteiger partial charge is 0.381 e. The highest BCUT2D eigenvalue weighted by molar-refractivity contribution is 5.80. The van der Waals surface area contributed by atoms with Crippen LogP contribution in [0.3, 0.4) is 0 Å². The second-order valence-corrected chi connectivity index (χ2v) is 8.88. The van der Waals surface area contributed by atoms with Crippen LogP contribution in [-0.4, -0.2) is 71.0 Å². The van der Waals surface area contributed by atoms with Crippen LogP contribution in [0.4, 0.5) is 8.78 Å². The maximum absolute atomic E-state index is 13.8. The van der Waals surface area contributed by atoms with Crippen molar-refractivity contribution >= 4 is 5.91 Å². The molecule has 0 N–H and O–H groups in total. The van der Waals surface area contributed by atoms with E-state index in [1.54, 1.807) is 17.3 Å². The van der Waals surface area contributed by atoms with Gasteiger partial charge in [0.15, 0.2) is 0 Å². The SMILES string of the molecule is Cc1cncc(CN2C[C@@H](C(=O)N3CCCC(F)(F)CC3)C3(CCOCC3)C2)n1. The molecule has 0 radical (unpaired) electrons. The standard InChI is InChI=1S/C21H30F2N4O2/c1-16-11-24-12-17(25-16)13-26-14-18(20(15-26)5-9-29-10-6-20)19(28)27-7-2-3-21(22,23)4-8-27/h11-12,18H,2-10,13-15H2,1H3/t18-/m0/s1. The third-order valence-corrected chi connectivity index (χ3v) is 6.73. The van der Waals surface area contributed by atoms with E-state index in [4.69, 9.17) is 4.74 Å². The van der Waals surface area contributed by atoms with E-state index in [0.29, 0.717) is 39.3 Å². The predicted molar refractivity (Wildman–Crippen MR) is 103 cm³/mol. The second kappa shape index (κ2) is 8.22. The Balaban J connectivity index is 1.51. The molecule has 8 heteroatoms. The molecule has 1 spiro atoms. The van der Waals surface area contributed by atoms with Crippen LogP contribution in [0.15, 0.2) is 12.4 Å². The van der Waals surface area contributed by atoms with E-state index in [1.165, 1.54) is 0 Å². The van der Waals surface area contributed by atoms with Gasteiger partial charge in [0.25, 0.3) is 0 Å². The van der Waals surface area contributed by atoms with Crippen LogP contribution in [-0.2, 0) is 16.1 Å². The lowest BCUT2D eigenvalue weighted by Crippen LogP contribution is -2.46. The number of carbonyl (C=O) groups excluding carboxylic acids is 1. The summed E-state index contributed by atoms with van der Waals surface area (Å²) in [5, 5.41) is 0. The molecule has 0 saturated carbocycles. The van der Waals surface area contributed by atoms with Crippen LogP contribution in [0.1, 0.15) is 43.5 Å². The first-order valence-corrected chi connectivity index (χ1v) is 10.6. The molecule has 0 bridgehead atoms. The Morgan fingerprint density at radius 1 is 1.21 bits per heavy atom. The van der Waals surface area contributed by atoms with Gasteiger partial charge in [-0.05, 0) is 26.2 Å². The average Bonchev–Trinajstić information content (AvgIpc) is 2.89. The molecule has 0 aliphatic carbocycles. The van der Waals surface area contributed by atoms with Crippen LogP contribution >= 0.6 is 0 Å². The number of likely N-dealkylation sites (tertiary alicyclic amines) is 2. The quantitative estimate of drug-likeness (QED) is 0.770. The first-order chi connectivity index (χ1) is 13.9. The zero-order valence-corrected chi connectivity index (χ0v) is 17.1. The van der Waals surface area contributed by atoms with Gasteiger partial charge >= 0.3 is 0 Å². The number of carbonyl (C=O) groups is 1. The number of amides is 1. The van der Waals surface area contributed by atoms with Crippen LogP contribution in [0.2, 0.25) is 0 Å². The monoisotopic (exact) mass is 408 g/mol. The Labute approximate surface area is 170 Å². The molecule has 4 rings (SSSR count). The highest BCUT2D eigenvalue weighted by Gasteiger charge is 2.51. The summed E-state index contributed by atoms with van der Waals surface area (Å²) in [5.41, 5.74) is 1.64. The summed E-state index contributed by atoms with van der Waals surface area (Å²) in [6.45, 7) is 5.91. The Hall–Kier alpha value is -1.67. The first kappa shape index (κ1) is 20.6. The lowest BCUT2D eigenvalue weighted by atomic mass is 9.71. The van der Waals surface area contributed by atoms with Gasteiger partial charge in [-0.15, -0.1) is 0 Å². The van der Waals surface area contributed by atoms with Crippen molar-refractivity contribution in [1.82, 2.24) is 19.8 Å². The van der Waals surface area contributed by atoms with Crippen molar-refractivity contribution in [2.24, 2.45) is 11.3 Å². The molecule has 1 aromatic heterocycles. The highest BCUT2D eigenvalue weighted by Crippen LogP contribution is 2.45. The predicted octanol–water partition coefficient (Wildman–Crippen LogP) is 2.66. The minimum Gasteiger partial charge on any atom is -0.381 e. The van der Waals surface area contributed by atoms with Gasteiger partial charge in [-0.2, -0.15) is 0 Å². The number of hydrogen-bond donors (Lipinski definition) is 0. The van der Waals surface area contributed by atoms with Gasteiger partial charge in [0.2, 0.25) is 11.8 Å². The summed E-state index contributed by atoms with van der Waals surface area (Å²) in [6, 6.07) is 0. The van der Waals surface area contributed by atoms with Crippen molar-refractivity contribution in [1.29, 1.82) is 0 Å². The first-order valence-electron chi connectivity index (χ1n) is 10.6. The fourth-order valence-electron chi connectivity index (χ4n) is 5.14. The van der Waals surface area contributed by atoms with E-state index in [2.05, 4.69) is 14.9 Å². The molecular formula is C21H30F2N4O2. The summed E-state index contributed by atoms with van der Waals surface area (Å²) in [5.74, 6) is -2.78. The van der Waals surface area contributed by atoms with Crippen molar-refractivity contribution in [3.63, 3.8) is 0 Å². The van der Waals surface area contributed by atoms with E-state index >= 15 is 0 Å². The lowest BCUT2D eigenvalue weighted by molar-refractivity contribution is -0.140. The molecule has 6 nitrogen and oxygen atoms in total. The van der Waals surface area contributed by atoms with Gasteiger partial charge in [-0.3, -0.25) is 19.7 Å². The van der Waals surface area contributed by atoms with Gasteiger partial charge in [0.1, 0.15) is 0 Å². The number of nitrogens with zero attached hydrogens (tertiary/aromatic N) is 4. The molecule has 3 aliphatic heterocycles. The zero-order chi connectivity index (χ0) is 20.5. The molecule has 1 atom stereocenters. The lowest BCUT2D eigenvalue weighted by Gasteiger charge is -2.39. The molecule has 160 valence electrons. The molecule has 3 fully saturated rings. The maximum Gasteiger partial charge on any atom is 0.249 e. The van der Waals surface area contributed by atoms with Crippen molar-refractivity contribution in [3.8, 4) is 0 Å². The normalized spacial score (nSPS) is 27.1. The topological polar surface area (TPSA) is 58.6 Å². The molecule has 0 unspecified atom stereocenters. The van der Waals surface area contributed by atoms with Crippen LogP contribution < -0.4 is 0 Å². The molecule has 29 heavy (non-hydrogen) atoms. The molecule has 1 amide bonds. The third kappa shape index (κ3) is 4.58. The Morgan fingerprint density at radius 3 is 2.76 bits per heavy atom. The van der Waals surface area contributed by atoms with Crippen molar-refractivity contribution < 1.29 is 18.3 Å². The van der Waals surface area contributed by atoms with Crippen molar-refractivity contribution in [3.05, 3.63) is 23.8 Å². The number of ether oxygens (including phenoxy) is 1. The van der Waals surface area contributed by atoms with Gasteiger partial charge in [0, 0.05) is 76.6 Å². The Bertz CT molecular complexity index is 739. The third-order valence-electron chi connectivity index (χ3n) is 6.73. The summed E-state index contributed by atoms with van der Waals surface area (Å²) in [7, 11) is 0. The minimum absolute atomic E-state index is 0.0439. The fourth-order valence-corrected chi connectivity index (χ4v) is 5.14. The molecule has 3 saturated heterocycles. The number of hydrogen-bond acceptors (Lipinski definition) is 5. The van der Waals surface area contributed by atoms with Crippen molar-refractivity contribution in [2.45, 2.75) is 51.5 Å². The molecule has 0 aromatic carbocycles. The van der Waals surface area contributed by atoms with Crippen LogP contribution in [0.5, 0.6) is 0 Å². The van der Waals surface area contributed by atoms with E-state index in [-0.39, 0.29) is 36.6 Å². The highest BCUT2D eigenvalue weighted by atomic mass is 19.3. The summed E-state index contributed by atoms with van der Waals surface area (Å²) in [6.07, 6.45) is 5.18. The molecule has 1 aromatic rings. The van der Waals surface area contributed by atoms with Gasteiger partial charge in [-0.1, -0.05) is 0 Å². The second-order valence-electron chi connectivity index (χ2n) is 8.88. The van der Waals surface area contributed by atoms with E-state index < -0.39 is 5.92 Å². The van der Waals surface area contributed by atoms with E-state index in [9.17, 15) is 13.6 Å². The molecule has 4 heterocycles. The van der Waals surface area contributed by atoms with Gasteiger partial charge < -0.3 is 9.64 Å². The number of aromatic nitrogens is 2.